The second-order valence-electron chi connectivity index (χ2n) is 3.99. The minimum Gasteiger partial charge on any atom is -0.337 e. The van der Waals surface area contributed by atoms with Crippen molar-refractivity contribution in [3.05, 3.63) is 30.4 Å². The van der Waals surface area contributed by atoms with E-state index in [-0.39, 0.29) is 6.04 Å². The number of hydrogen-bond donors (Lipinski definition) is 1. The highest BCUT2D eigenvalue weighted by molar-refractivity contribution is 5.52. The molecule has 3 heterocycles. The molecule has 6 heteroatoms. The zero-order chi connectivity index (χ0) is 11.7. The van der Waals surface area contributed by atoms with Crippen molar-refractivity contribution in [2.45, 2.75) is 18.6 Å². The van der Waals surface area contributed by atoms with Gasteiger partial charge < -0.3 is 9.84 Å². The summed E-state index contributed by atoms with van der Waals surface area (Å²) < 4.78 is 18.2. The summed E-state index contributed by atoms with van der Waals surface area (Å²) in [7, 11) is 0. The highest BCUT2D eigenvalue weighted by Gasteiger charge is 2.29. The lowest BCUT2D eigenvalue weighted by Crippen LogP contribution is -2.14. The molecule has 2 atom stereocenters. The van der Waals surface area contributed by atoms with Crippen LogP contribution in [0.4, 0.5) is 4.39 Å². The predicted molar refractivity (Wildman–Crippen MR) is 57.8 cm³/mol. The van der Waals surface area contributed by atoms with Gasteiger partial charge in [-0.1, -0.05) is 5.16 Å². The van der Waals surface area contributed by atoms with Gasteiger partial charge >= 0.3 is 0 Å². The molecule has 3 rings (SSSR count). The van der Waals surface area contributed by atoms with E-state index in [0.717, 1.165) is 5.56 Å². The van der Waals surface area contributed by atoms with Gasteiger partial charge in [-0.3, -0.25) is 4.98 Å². The molecule has 1 N–H and O–H groups in total. The van der Waals surface area contributed by atoms with E-state index in [1.54, 1.807) is 24.5 Å². The first kappa shape index (κ1) is 10.3. The fraction of sp³-hybridized carbons (Fsp3) is 0.364. The van der Waals surface area contributed by atoms with Crippen LogP contribution in [0.1, 0.15) is 18.4 Å². The molecule has 0 unspecified atom stereocenters. The molecule has 1 fully saturated rings. The van der Waals surface area contributed by atoms with E-state index in [1.165, 1.54) is 0 Å². The summed E-state index contributed by atoms with van der Waals surface area (Å²) in [4.78, 5) is 8.18. The van der Waals surface area contributed by atoms with Crippen molar-refractivity contribution in [1.29, 1.82) is 0 Å². The van der Waals surface area contributed by atoms with Crippen LogP contribution in [0.15, 0.2) is 29.0 Å². The van der Waals surface area contributed by atoms with Crippen LogP contribution in [0.2, 0.25) is 0 Å². The lowest BCUT2D eigenvalue weighted by molar-refractivity contribution is 0.324. The first-order chi connectivity index (χ1) is 8.33. The molecular weight excluding hydrogens is 223 g/mol. The molecule has 0 aliphatic carbocycles. The molecule has 0 bridgehead atoms. The van der Waals surface area contributed by atoms with Gasteiger partial charge in [-0.05, 0) is 12.1 Å². The Balaban J connectivity index is 1.84. The van der Waals surface area contributed by atoms with Gasteiger partial charge in [0.1, 0.15) is 6.17 Å². The highest BCUT2D eigenvalue weighted by Crippen LogP contribution is 2.25. The average Bonchev–Trinajstić information content (AvgIpc) is 2.98. The van der Waals surface area contributed by atoms with Crippen molar-refractivity contribution < 1.29 is 8.91 Å². The van der Waals surface area contributed by atoms with Crippen LogP contribution < -0.4 is 5.32 Å². The Hall–Kier alpha value is -1.82. The quantitative estimate of drug-likeness (QED) is 0.853. The molecule has 2 aromatic rings. The summed E-state index contributed by atoms with van der Waals surface area (Å²) in [6.07, 6.45) is 2.88. The van der Waals surface area contributed by atoms with Crippen LogP contribution in [0.3, 0.4) is 0 Å². The highest BCUT2D eigenvalue weighted by atomic mass is 19.1. The number of hydrogen-bond acceptors (Lipinski definition) is 5. The lowest BCUT2D eigenvalue weighted by atomic mass is 10.2. The Morgan fingerprint density at radius 3 is 2.88 bits per heavy atom. The third-order valence-corrected chi connectivity index (χ3v) is 2.76. The van der Waals surface area contributed by atoms with Crippen LogP contribution in [0, 0.1) is 0 Å². The summed E-state index contributed by atoms with van der Waals surface area (Å²) in [5.41, 5.74) is 0.838. The van der Waals surface area contributed by atoms with Crippen molar-refractivity contribution >= 4 is 0 Å². The number of nitrogens with zero attached hydrogens (tertiary/aromatic N) is 3. The molecule has 0 spiro atoms. The predicted octanol–water partition coefficient (Wildman–Crippen LogP) is 1.50. The summed E-state index contributed by atoms with van der Waals surface area (Å²) in [6.45, 7) is 0.345. The number of halogens is 1. The zero-order valence-electron chi connectivity index (χ0n) is 9.01. The van der Waals surface area contributed by atoms with Crippen LogP contribution in [0.5, 0.6) is 0 Å². The van der Waals surface area contributed by atoms with Gasteiger partial charge in [-0.2, -0.15) is 4.98 Å². The second-order valence-corrected chi connectivity index (χ2v) is 3.99. The molecule has 0 saturated carbocycles. The SMILES string of the molecule is F[C@@H]1CN[C@@H](c2nc(-c3ccncc3)no2)C1. The first-order valence-corrected chi connectivity index (χ1v) is 5.44. The topological polar surface area (TPSA) is 63.8 Å². The van der Waals surface area contributed by atoms with Crippen LogP contribution >= 0.6 is 0 Å². The standard InChI is InChI=1S/C11H11FN4O/c12-8-5-9(14-6-8)11-15-10(16-17-11)7-1-3-13-4-2-7/h1-4,8-9,14H,5-6H2/t8-,9+/m0/s1. The molecule has 0 radical (unpaired) electrons. The van der Waals surface area contributed by atoms with E-state index in [4.69, 9.17) is 4.52 Å². The Labute approximate surface area is 97.1 Å². The van der Waals surface area contributed by atoms with Gasteiger partial charge in [0.05, 0.1) is 6.04 Å². The Bertz CT molecular complexity index is 501. The molecule has 1 aliphatic rings. The molecule has 1 saturated heterocycles. The van der Waals surface area contributed by atoms with Gasteiger partial charge in [0.15, 0.2) is 0 Å². The Morgan fingerprint density at radius 2 is 2.18 bits per heavy atom. The van der Waals surface area contributed by atoms with E-state index in [0.29, 0.717) is 24.7 Å². The van der Waals surface area contributed by atoms with E-state index < -0.39 is 6.17 Å². The van der Waals surface area contributed by atoms with Crippen molar-refractivity contribution in [3.8, 4) is 11.4 Å². The van der Waals surface area contributed by atoms with Gasteiger partial charge in [0.2, 0.25) is 11.7 Å². The molecular formula is C11H11FN4O. The van der Waals surface area contributed by atoms with Crippen LogP contribution in [0.25, 0.3) is 11.4 Å². The molecule has 88 valence electrons. The first-order valence-electron chi connectivity index (χ1n) is 5.44. The maximum Gasteiger partial charge on any atom is 0.244 e. The Kier molecular flexibility index (Phi) is 2.56. The fourth-order valence-electron chi connectivity index (χ4n) is 1.88. The molecule has 5 nitrogen and oxygen atoms in total. The lowest BCUT2D eigenvalue weighted by Gasteiger charge is -2.01. The van der Waals surface area contributed by atoms with E-state index in [1.807, 2.05) is 0 Å². The molecule has 1 aliphatic heterocycles. The van der Waals surface area contributed by atoms with Gasteiger partial charge in [0, 0.05) is 30.9 Å². The molecule has 2 aromatic heterocycles. The van der Waals surface area contributed by atoms with Crippen molar-refractivity contribution in [2.75, 3.05) is 6.54 Å². The number of alkyl halides is 1. The smallest absolute Gasteiger partial charge is 0.244 e. The van der Waals surface area contributed by atoms with Gasteiger partial charge in [0.25, 0.3) is 0 Å². The maximum atomic E-state index is 13.0. The van der Waals surface area contributed by atoms with E-state index in [9.17, 15) is 4.39 Å². The normalized spacial score (nSPS) is 24.1. The maximum absolute atomic E-state index is 13.0. The van der Waals surface area contributed by atoms with E-state index >= 15 is 0 Å². The summed E-state index contributed by atoms with van der Waals surface area (Å²) >= 11 is 0. The third-order valence-electron chi connectivity index (χ3n) is 2.76. The van der Waals surface area contributed by atoms with Gasteiger partial charge in [-0.15, -0.1) is 0 Å². The number of aromatic nitrogens is 3. The monoisotopic (exact) mass is 234 g/mol. The van der Waals surface area contributed by atoms with E-state index in [2.05, 4.69) is 20.4 Å². The van der Waals surface area contributed by atoms with Crippen molar-refractivity contribution in [1.82, 2.24) is 20.4 Å². The Morgan fingerprint density at radius 1 is 1.35 bits per heavy atom. The second kappa shape index (κ2) is 4.21. The number of nitrogens with one attached hydrogen (secondary N) is 1. The zero-order valence-corrected chi connectivity index (χ0v) is 9.01. The van der Waals surface area contributed by atoms with Gasteiger partial charge in [-0.25, -0.2) is 4.39 Å². The summed E-state index contributed by atoms with van der Waals surface area (Å²) in [5.74, 6) is 0.948. The molecule has 0 amide bonds. The largest absolute Gasteiger partial charge is 0.337 e. The number of rotatable bonds is 2. The minimum atomic E-state index is -0.837. The van der Waals surface area contributed by atoms with Crippen LogP contribution in [-0.4, -0.2) is 27.8 Å². The minimum absolute atomic E-state index is 0.173. The summed E-state index contributed by atoms with van der Waals surface area (Å²) in [6, 6.07) is 3.43. The van der Waals surface area contributed by atoms with Crippen LogP contribution in [-0.2, 0) is 0 Å². The molecule has 0 aromatic carbocycles. The van der Waals surface area contributed by atoms with Crippen molar-refractivity contribution in [2.24, 2.45) is 0 Å². The third kappa shape index (κ3) is 2.03. The molecule has 17 heavy (non-hydrogen) atoms. The average molecular weight is 234 g/mol. The van der Waals surface area contributed by atoms with Crippen molar-refractivity contribution in [3.63, 3.8) is 0 Å². The fourth-order valence-corrected chi connectivity index (χ4v) is 1.88. The summed E-state index contributed by atoms with van der Waals surface area (Å²) in [5, 5.41) is 6.88. The number of pyridine rings is 1.